The summed E-state index contributed by atoms with van der Waals surface area (Å²) in [4.78, 5) is 50.1. The average Bonchev–Trinajstić information content (AvgIpc) is 3.02. The molecule has 8 nitrogen and oxygen atoms in total. The second-order valence-corrected chi connectivity index (χ2v) is 7.59. The molecule has 0 aliphatic carbocycles. The lowest BCUT2D eigenvalue weighted by Crippen LogP contribution is -2.52. The molecular weight excluding hydrogens is 372 g/mol. The lowest BCUT2D eigenvalue weighted by Gasteiger charge is -2.29. The Morgan fingerprint density at radius 1 is 1.14 bits per heavy atom. The van der Waals surface area contributed by atoms with Crippen LogP contribution in [0, 0.1) is 0 Å². The van der Waals surface area contributed by atoms with Gasteiger partial charge in [-0.05, 0) is 37.9 Å². The third kappa shape index (κ3) is 5.00. The van der Waals surface area contributed by atoms with E-state index < -0.39 is 11.9 Å². The first-order valence-corrected chi connectivity index (χ1v) is 10.3. The van der Waals surface area contributed by atoms with E-state index >= 15 is 0 Å². The highest BCUT2D eigenvalue weighted by molar-refractivity contribution is 6.06. The minimum Gasteiger partial charge on any atom is -0.330 e. The predicted molar refractivity (Wildman–Crippen MR) is 108 cm³/mol. The number of nitrogens with zero attached hydrogens (tertiary/aromatic N) is 1. The summed E-state index contributed by atoms with van der Waals surface area (Å²) in [6.45, 7) is 0.949. The van der Waals surface area contributed by atoms with Gasteiger partial charge in [0.25, 0.3) is 5.91 Å². The van der Waals surface area contributed by atoms with E-state index in [-0.39, 0.29) is 30.7 Å². The largest absolute Gasteiger partial charge is 0.330 e. The highest BCUT2D eigenvalue weighted by atomic mass is 16.2. The first kappa shape index (κ1) is 21.0. The molecule has 2 aliphatic heterocycles. The van der Waals surface area contributed by atoms with Crippen LogP contribution in [0.1, 0.15) is 67.3 Å². The molecule has 1 atom stereocenters. The van der Waals surface area contributed by atoms with Gasteiger partial charge in [-0.2, -0.15) is 0 Å². The van der Waals surface area contributed by atoms with Crippen molar-refractivity contribution in [1.29, 1.82) is 0 Å². The van der Waals surface area contributed by atoms with Gasteiger partial charge in [0.15, 0.2) is 0 Å². The quantitative estimate of drug-likeness (QED) is 0.430. The molecule has 4 N–H and O–H groups in total. The van der Waals surface area contributed by atoms with Crippen LogP contribution in [0.4, 0.5) is 5.69 Å². The van der Waals surface area contributed by atoms with Crippen molar-refractivity contribution in [2.75, 3.05) is 11.9 Å². The molecule has 2 aliphatic rings. The van der Waals surface area contributed by atoms with Crippen molar-refractivity contribution in [3.05, 3.63) is 29.3 Å². The first-order chi connectivity index (χ1) is 14.0. The normalized spacial score (nSPS) is 18.6. The van der Waals surface area contributed by atoms with Crippen LogP contribution in [-0.4, -0.2) is 41.1 Å². The smallest absolute Gasteiger partial charge is 0.255 e. The molecule has 1 aromatic rings. The summed E-state index contributed by atoms with van der Waals surface area (Å²) in [5, 5.41) is 5.21. The van der Waals surface area contributed by atoms with Gasteiger partial charge in [-0.3, -0.25) is 24.5 Å². The molecule has 0 radical (unpaired) electrons. The maximum Gasteiger partial charge on any atom is 0.255 e. The fourth-order valence-corrected chi connectivity index (χ4v) is 3.88. The summed E-state index contributed by atoms with van der Waals surface area (Å²) in [5.41, 5.74) is 7.30. The molecule has 0 spiro atoms. The predicted octanol–water partition coefficient (Wildman–Crippen LogP) is 1.69. The van der Waals surface area contributed by atoms with Gasteiger partial charge in [-0.15, -0.1) is 0 Å². The molecule has 1 saturated heterocycles. The lowest BCUT2D eigenvalue weighted by molar-refractivity contribution is -0.137. The number of hydrogen-bond donors (Lipinski definition) is 3. The van der Waals surface area contributed by atoms with Gasteiger partial charge in [-0.1, -0.05) is 25.3 Å². The molecular formula is C21H28N4O4. The van der Waals surface area contributed by atoms with Crippen LogP contribution in [-0.2, 0) is 20.9 Å². The van der Waals surface area contributed by atoms with Crippen LogP contribution in [0.2, 0.25) is 0 Å². The number of benzene rings is 1. The summed E-state index contributed by atoms with van der Waals surface area (Å²) in [6.07, 6.45) is 5.93. The molecule has 0 aromatic heterocycles. The van der Waals surface area contributed by atoms with E-state index in [1.807, 2.05) is 0 Å². The zero-order chi connectivity index (χ0) is 20.8. The minimum atomic E-state index is -0.662. The van der Waals surface area contributed by atoms with Crippen molar-refractivity contribution >= 4 is 29.3 Å². The Morgan fingerprint density at radius 3 is 2.66 bits per heavy atom. The Bertz CT molecular complexity index is 808. The molecule has 8 heteroatoms. The number of nitrogens with two attached hydrogens (primary N) is 1. The van der Waals surface area contributed by atoms with Gasteiger partial charge in [0.05, 0.1) is 0 Å². The van der Waals surface area contributed by atoms with Gasteiger partial charge in [0, 0.05) is 36.2 Å². The summed E-state index contributed by atoms with van der Waals surface area (Å²) >= 11 is 0. The number of fused-ring (bicyclic) bond motifs is 1. The SMILES string of the molecule is NCCCCCCCC(=O)Nc1cccc2c1CN(C1CCC(=O)NC1=O)C2=O. The van der Waals surface area contributed by atoms with Gasteiger partial charge in [0.1, 0.15) is 6.04 Å². The van der Waals surface area contributed by atoms with E-state index in [1.165, 1.54) is 4.90 Å². The Morgan fingerprint density at radius 2 is 1.90 bits per heavy atom. The number of hydrogen-bond acceptors (Lipinski definition) is 5. The number of amides is 4. The number of imide groups is 1. The van der Waals surface area contributed by atoms with Gasteiger partial charge >= 0.3 is 0 Å². The molecule has 1 aromatic carbocycles. The van der Waals surface area contributed by atoms with E-state index in [0.29, 0.717) is 30.6 Å². The van der Waals surface area contributed by atoms with E-state index in [2.05, 4.69) is 10.6 Å². The summed E-state index contributed by atoms with van der Waals surface area (Å²) in [5.74, 6) is -1.08. The average molecular weight is 400 g/mol. The Kier molecular flexibility index (Phi) is 6.98. The van der Waals surface area contributed by atoms with Crippen molar-refractivity contribution in [2.24, 2.45) is 5.73 Å². The standard InChI is InChI=1S/C21H28N4O4/c22-12-5-3-1-2-4-9-18(26)23-16-8-6-7-14-15(16)13-25(21(14)29)17-10-11-19(27)24-20(17)28/h6-8,17H,1-5,9-13,22H2,(H,23,26)(H,24,27,28). The third-order valence-corrected chi connectivity index (χ3v) is 5.46. The third-order valence-electron chi connectivity index (χ3n) is 5.46. The Balaban J connectivity index is 1.59. The van der Waals surface area contributed by atoms with Gasteiger partial charge < -0.3 is 16.0 Å². The molecule has 2 heterocycles. The van der Waals surface area contributed by atoms with Crippen molar-refractivity contribution in [3.8, 4) is 0 Å². The van der Waals surface area contributed by atoms with Crippen molar-refractivity contribution < 1.29 is 19.2 Å². The topological polar surface area (TPSA) is 122 Å². The lowest BCUT2D eigenvalue weighted by atomic mass is 10.0. The molecule has 1 fully saturated rings. The molecule has 4 amide bonds. The van der Waals surface area contributed by atoms with E-state index in [4.69, 9.17) is 5.73 Å². The van der Waals surface area contributed by atoms with E-state index in [1.54, 1.807) is 18.2 Å². The number of rotatable bonds is 9. The van der Waals surface area contributed by atoms with E-state index in [0.717, 1.165) is 37.7 Å². The maximum atomic E-state index is 12.8. The fourth-order valence-electron chi connectivity index (χ4n) is 3.88. The number of carbonyl (C=O) groups is 4. The monoisotopic (exact) mass is 400 g/mol. The summed E-state index contributed by atoms with van der Waals surface area (Å²) in [7, 11) is 0. The number of anilines is 1. The van der Waals surface area contributed by atoms with Crippen molar-refractivity contribution in [1.82, 2.24) is 10.2 Å². The summed E-state index contributed by atoms with van der Waals surface area (Å²) in [6, 6.07) is 4.55. The molecule has 1 unspecified atom stereocenters. The van der Waals surface area contributed by atoms with Crippen LogP contribution < -0.4 is 16.4 Å². The second-order valence-electron chi connectivity index (χ2n) is 7.59. The highest BCUT2D eigenvalue weighted by Crippen LogP contribution is 2.32. The Hall–Kier alpha value is -2.74. The maximum absolute atomic E-state index is 12.8. The highest BCUT2D eigenvalue weighted by Gasteiger charge is 2.39. The molecule has 3 rings (SSSR count). The molecule has 29 heavy (non-hydrogen) atoms. The van der Waals surface area contributed by atoms with Crippen LogP contribution in [0.25, 0.3) is 0 Å². The van der Waals surface area contributed by atoms with Crippen LogP contribution in [0.15, 0.2) is 18.2 Å². The first-order valence-electron chi connectivity index (χ1n) is 10.3. The number of piperidine rings is 1. The van der Waals surface area contributed by atoms with E-state index in [9.17, 15) is 19.2 Å². The minimum absolute atomic E-state index is 0.0795. The van der Waals surface area contributed by atoms with Crippen LogP contribution >= 0.6 is 0 Å². The van der Waals surface area contributed by atoms with Crippen molar-refractivity contribution in [3.63, 3.8) is 0 Å². The van der Waals surface area contributed by atoms with Crippen LogP contribution in [0.5, 0.6) is 0 Å². The second kappa shape index (κ2) is 9.65. The fraction of sp³-hybridized carbons (Fsp3) is 0.524. The van der Waals surface area contributed by atoms with Crippen molar-refractivity contribution in [2.45, 2.75) is 64.0 Å². The zero-order valence-corrected chi connectivity index (χ0v) is 16.5. The van der Waals surface area contributed by atoms with Gasteiger partial charge in [-0.25, -0.2) is 0 Å². The molecule has 0 saturated carbocycles. The zero-order valence-electron chi connectivity index (χ0n) is 16.5. The van der Waals surface area contributed by atoms with Gasteiger partial charge in [0.2, 0.25) is 17.7 Å². The molecule has 156 valence electrons. The Labute approximate surface area is 170 Å². The number of unbranched alkanes of at least 4 members (excludes halogenated alkanes) is 4. The number of nitrogens with one attached hydrogen (secondary N) is 2. The summed E-state index contributed by atoms with van der Waals surface area (Å²) < 4.78 is 0. The molecule has 0 bridgehead atoms. The van der Waals surface area contributed by atoms with Crippen LogP contribution in [0.3, 0.4) is 0 Å². The number of carbonyl (C=O) groups excluding carboxylic acids is 4.